The van der Waals surface area contributed by atoms with Crippen molar-refractivity contribution in [3.8, 4) is 0 Å². The number of ether oxygens (including phenoxy) is 6. The molecule has 198 valence electrons. The summed E-state index contributed by atoms with van der Waals surface area (Å²) < 4.78 is 36.9. The zero-order valence-electron chi connectivity index (χ0n) is 20.9. The van der Waals surface area contributed by atoms with E-state index in [9.17, 15) is 10.6 Å². The number of aliphatic hydroxyl groups excluding tert-OH is 1. The highest BCUT2D eigenvalue weighted by atomic mass is 16.8. The van der Waals surface area contributed by atoms with Crippen molar-refractivity contribution in [3.05, 3.63) is 82.2 Å². The van der Waals surface area contributed by atoms with Crippen LogP contribution in [0, 0.1) is 5.92 Å². The van der Waals surface area contributed by atoms with Gasteiger partial charge in [-0.05, 0) is 23.6 Å². The largest absolute Gasteiger partial charge is 0.388 e. The van der Waals surface area contributed by atoms with Gasteiger partial charge in [-0.2, -0.15) is 0 Å². The Labute approximate surface area is 216 Å². The van der Waals surface area contributed by atoms with Gasteiger partial charge in [0.2, 0.25) is 0 Å². The minimum absolute atomic E-state index is 0.283. The average Bonchev–Trinajstić information content (AvgIpc) is 3.36. The standard InChI is InChI=1S/C27H33N3O7/c1-16-23(32-13-18-9-5-3-6-10-18)22(31)17(2)35-26(16)37-24-20-15-34-27(36-20)21(29-30-28)25(24)33-14-19-11-7-4-8-12-19/h3-12,16-17,20-27,31H,13-15H2,1-2H3/t16?,17?,20?,21?,22-,23-,24-,25-,26-,27-/m0/s1. The highest BCUT2D eigenvalue weighted by Crippen LogP contribution is 2.38. The average molecular weight is 512 g/mol. The van der Waals surface area contributed by atoms with Crippen LogP contribution in [0.2, 0.25) is 0 Å². The number of fused-ring (bicyclic) bond motifs is 2. The summed E-state index contributed by atoms with van der Waals surface area (Å²) in [6.45, 7) is 4.67. The quantitative estimate of drug-likeness (QED) is 0.309. The third kappa shape index (κ3) is 5.82. The molecule has 10 nitrogen and oxygen atoms in total. The predicted molar refractivity (Wildman–Crippen MR) is 132 cm³/mol. The Morgan fingerprint density at radius 1 is 0.919 bits per heavy atom. The van der Waals surface area contributed by atoms with E-state index >= 15 is 0 Å². The summed E-state index contributed by atoms with van der Waals surface area (Å²) in [5.41, 5.74) is 11.2. The van der Waals surface area contributed by atoms with E-state index in [4.69, 9.17) is 28.4 Å². The minimum atomic E-state index is -0.818. The first-order valence-corrected chi connectivity index (χ1v) is 12.7. The van der Waals surface area contributed by atoms with Crippen LogP contribution >= 0.6 is 0 Å². The monoisotopic (exact) mass is 511 g/mol. The second-order valence-corrected chi connectivity index (χ2v) is 9.75. The Bertz CT molecular complexity index is 1050. The molecule has 3 aliphatic rings. The maximum atomic E-state index is 10.9. The highest BCUT2D eigenvalue weighted by Gasteiger charge is 2.54. The summed E-state index contributed by atoms with van der Waals surface area (Å²) in [4.78, 5) is 3.01. The Morgan fingerprint density at radius 2 is 1.54 bits per heavy atom. The topological polar surface area (TPSA) is 124 Å². The Kier molecular flexibility index (Phi) is 8.39. The van der Waals surface area contributed by atoms with Crippen molar-refractivity contribution < 1.29 is 33.5 Å². The van der Waals surface area contributed by atoms with E-state index in [1.807, 2.05) is 67.6 Å². The van der Waals surface area contributed by atoms with Gasteiger partial charge in [0.15, 0.2) is 12.6 Å². The smallest absolute Gasteiger partial charge is 0.169 e. The first kappa shape index (κ1) is 26.1. The van der Waals surface area contributed by atoms with E-state index in [1.54, 1.807) is 6.92 Å². The molecule has 4 unspecified atom stereocenters. The van der Waals surface area contributed by atoms with E-state index in [-0.39, 0.29) is 12.5 Å². The molecule has 3 saturated heterocycles. The van der Waals surface area contributed by atoms with Crippen molar-refractivity contribution in [2.24, 2.45) is 11.0 Å². The number of hydrogen-bond donors (Lipinski definition) is 1. The lowest BCUT2D eigenvalue weighted by Gasteiger charge is -2.46. The zero-order valence-corrected chi connectivity index (χ0v) is 20.9. The molecule has 2 aromatic carbocycles. The molecule has 0 saturated carbocycles. The van der Waals surface area contributed by atoms with Crippen LogP contribution < -0.4 is 0 Å². The zero-order chi connectivity index (χ0) is 25.8. The first-order chi connectivity index (χ1) is 18.0. The molecular formula is C27H33N3O7. The summed E-state index contributed by atoms with van der Waals surface area (Å²) in [5.74, 6) is -0.303. The molecule has 0 aromatic heterocycles. The maximum absolute atomic E-state index is 10.9. The fourth-order valence-corrected chi connectivity index (χ4v) is 5.13. The van der Waals surface area contributed by atoms with Crippen LogP contribution in [0.4, 0.5) is 0 Å². The molecule has 0 spiro atoms. The molecule has 3 aliphatic heterocycles. The third-order valence-electron chi connectivity index (χ3n) is 7.20. The van der Waals surface area contributed by atoms with Gasteiger partial charge < -0.3 is 33.5 Å². The fraction of sp³-hybridized carbons (Fsp3) is 0.556. The molecule has 2 bridgehead atoms. The van der Waals surface area contributed by atoms with E-state index in [2.05, 4.69) is 10.0 Å². The SMILES string of the molecule is CC1O[C@@H](O[C@H]2C3CO[C@@H](O3)C(N=[N+]=[N-])[C@@H]2OCc2ccccc2)C(C)[C@H](OCc2ccccc2)[C@H]1O. The van der Waals surface area contributed by atoms with Crippen LogP contribution in [0.15, 0.2) is 65.8 Å². The molecule has 37 heavy (non-hydrogen) atoms. The number of nitrogens with zero attached hydrogens (tertiary/aromatic N) is 3. The van der Waals surface area contributed by atoms with Gasteiger partial charge in [0.1, 0.15) is 30.5 Å². The predicted octanol–water partition coefficient (Wildman–Crippen LogP) is 3.72. The van der Waals surface area contributed by atoms with Crippen LogP contribution in [-0.4, -0.2) is 67.0 Å². The van der Waals surface area contributed by atoms with Crippen LogP contribution in [0.25, 0.3) is 10.4 Å². The lowest BCUT2D eigenvalue weighted by molar-refractivity contribution is -0.320. The van der Waals surface area contributed by atoms with E-state index in [1.165, 1.54) is 0 Å². The van der Waals surface area contributed by atoms with Gasteiger partial charge in [-0.25, -0.2) is 0 Å². The lowest BCUT2D eigenvalue weighted by atomic mass is 9.92. The molecule has 0 radical (unpaired) electrons. The van der Waals surface area contributed by atoms with Gasteiger partial charge in [0, 0.05) is 10.8 Å². The normalized spacial score (nSPS) is 37.2. The molecule has 0 aliphatic carbocycles. The van der Waals surface area contributed by atoms with Crippen LogP contribution in [-0.2, 0) is 41.6 Å². The van der Waals surface area contributed by atoms with Crippen molar-refractivity contribution in [3.63, 3.8) is 0 Å². The van der Waals surface area contributed by atoms with Gasteiger partial charge in [-0.15, -0.1) is 0 Å². The van der Waals surface area contributed by atoms with Gasteiger partial charge in [-0.1, -0.05) is 72.7 Å². The summed E-state index contributed by atoms with van der Waals surface area (Å²) in [6, 6.07) is 18.8. The van der Waals surface area contributed by atoms with E-state index in [0.29, 0.717) is 13.2 Å². The number of azide groups is 1. The molecule has 3 heterocycles. The summed E-state index contributed by atoms with van der Waals surface area (Å²) in [7, 11) is 0. The summed E-state index contributed by atoms with van der Waals surface area (Å²) in [6.07, 6.45) is -4.92. The maximum Gasteiger partial charge on any atom is 0.169 e. The van der Waals surface area contributed by atoms with Crippen molar-refractivity contribution in [2.45, 2.75) is 82.3 Å². The van der Waals surface area contributed by atoms with E-state index < -0.39 is 55.2 Å². The Morgan fingerprint density at radius 3 is 2.16 bits per heavy atom. The molecule has 10 heteroatoms. The first-order valence-electron chi connectivity index (χ1n) is 12.7. The Hall–Kier alpha value is -2.53. The minimum Gasteiger partial charge on any atom is -0.388 e. The molecule has 5 rings (SSSR count). The van der Waals surface area contributed by atoms with Gasteiger partial charge in [0.25, 0.3) is 0 Å². The highest BCUT2D eigenvalue weighted by molar-refractivity contribution is 5.14. The molecule has 2 aromatic rings. The van der Waals surface area contributed by atoms with Crippen molar-refractivity contribution >= 4 is 0 Å². The number of aliphatic hydroxyl groups is 1. The van der Waals surface area contributed by atoms with Crippen LogP contribution in [0.3, 0.4) is 0 Å². The summed E-state index contributed by atoms with van der Waals surface area (Å²) >= 11 is 0. The van der Waals surface area contributed by atoms with Crippen molar-refractivity contribution in [1.82, 2.24) is 0 Å². The second kappa shape index (κ2) is 11.9. The van der Waals surface area contributed by atoms with Gasteiger partial charge in [0.05, 0.1) is 32.0 Å². The summed E-state index contributed by atoms with van der Waals surface area (Å²) in [5, 5.41) is 14.8. The van der Waals surface area contributed by atoms with Crippen LogP contribution in [0.5, 0.6) is 0 Å². The second-order valence-electron chi connectivity index (χ2n) is 9.75. The fourth-order valence-electron chi connectivity index (χ4n) is 5.13. The molecule has 1 N–H and O–H groups in total. The molecule has 0 amide bonds. The third-order valence-corrected chi connectivity index (χ3v) is 7.20. The Balaban J connectivity index is 1.33. The number of hydrogen-bond acceptors (Lipinski definition) is 8. The van der Waals surface area contributed by atoms with Gasteiger partial charge in [-0.3, -0.25) is 0 Å². The van der Waals surface area contributed by atoms with Gasteiger partial charge >= 0.3 is 0 Å². The van der Waals surface area contributed by atoms with Crippen molar-refractivity contribution in [1.29, 1.82) is 0 Å². The van der Waals surface area contributed by atoms with Crippen molar-refractivity contribution in [2.75, 3.05) is 6.61 Å². The number of benzene rings is 2. The number of rotatable bonds is 9. The molecular weight excluding hydrogens is 478 g/mol. The van der Waals surface area contributed by atoms with E-state index in [0.717, 1.165) is 11.1 Å². The lowest BCUT2D eigenvalue weighted by Crippen LogP contribution is -2.60. The molecule has 3 fully saturated rings. The van der Waals surface area contributed by atoms with Crippen LogP contribution in [0.1, 0.15) is 25.0 Å². The molecule has 10 atom stereocenters.